The van der Waals surface area contributed by atoms with Gasteiger partial charge in [0.2, 0.25) is 5.91 Å². The van der Waals surface area contributed by atoms with Crippen LogP contribution in [0.2, 0.25) is 0 Å². The molecule has 0 aliphatic carbocycles. The highest BCUT2D eigenvalue weighted by atomic mass is 16.2. The fraction of sp³-hybridized carbons (Fsp3) is 0.300. The lowest BCUT2D eigenvalue weighted by Crippen LogP contribution is -2.38. The average Bonchev–Trinajstić information content (AvgIpc) is 2.66. The third-order valence-electron chi connectivity index (χ3n) is 4.38. The first kappa shape index (κ1) is 17.8. The summed E-state index contributed by atoms with van der Waals surface area (Å²) in [6.45, 7) is 3.85. The fourth-order valence-electron chi connectivity index (χ4n) is 2.80. The summed E-state index contributed by atoms with van der Waals surface area (Å²) in [6, 6.07) is 11.3. The van der Waals surface area contributed by atoms with E-state index in [0.29, 0.717) is 11.8 Å². The van der Waals surface area contributed by atoms with Crippen molar-refractivity contribution in [3.63, 3.8) is 0 Å². The normalized spacial score (nSPS) is 12.1. The van der Waals surface area contributed by atoms with Crippen molar-refractivity contribution in [2.75, 3.05) is 0 Å². The summed E-state index contributed by atoms with van der Waals surface area (Å²) in [4.78, 5) is 29.0. The Labute approximate surface area is 151 Å². The van der Waals surface area contributed by atoms with Crippen LogP contribution in [0.5, 0.6) is 0 Å². The Kier molecular flexibility index (Phi) is 5.41. The van der Waals surface area contributed by atoms with Crippen molar-refractivity contribution < 1.29 is 4.79 Å². The lowest BCUT2D eigenvalue weighted by Gasteiger charge is -2.14. The van der Waals surface area contributed by atoms with Gasteiger partial charge >= 0.3 is 0 Å². The molecule has 0 bridgehead atoms. The molecule has 0 saturated carbocycles. The summed E-state index contributed by atoms with van der Waals surface area (Å²) < 4.78 is 1.26. The van der Waals surface area contributed by atoms with Gasteiger partial charge in [0.1, 0.15) is 6.54 Å². The van der Waals surface area contributed by atoms with Crippen molar-refractivity contribution >= 4 is 16.7 Å². The van der Waals surface area contributed by atoms with Crippen molar-refractivity contribution in [3.8, 4) is 0 Å². The highest BCUT2D eigenvalue weighted by molar-refractivity contribution is 5.84. The second-order valence-corrected chi connectivity index (χ2v) is 6.36. The number of carbonyl (C=O) groups is 1. The Morgan fingerprint density at radius 1 is 1.15 bits per heavy atom. The number of benzene rings is 1. The van der Waals surface area contributed by atoms with Crippen LogP contribution >= 0.6 is 0 Å². The van der Waals surface area contributed by atoms with Crippen molar-refractivity contribution in [2.45, 2.75) is 39.3 Å². The second kappa shape index (κ2) is 7.91. The second-order valence-electron chi connectivity index (χ2n) is 6.36. The Hall–Kier alpha value is -3.02. The van der Waals surface area contributed by atoms with Gasteiger partial charge in [-0.05, 0) is 37.1 Å². The maximum absolute atomic E-state index is 12.7. The molecular weight excluding hydrogens is 328 g/mol. The first-order valence-corrected chi connectivity index (χ1v) is 8.75. The van der Waals surface area contributed by atoms with Gasteiger partial charge in [-0.3, -0.25) is 14.6 Å². The van der Waals surface area contributed by atoms with E-state index in [2.05, 4.69) is 15.4 Å². The summed E-state index contributed by atoms with van der Waals surface area (Å²) in [5.74, 6) is -0.209. The number of aromatic nitrogens is 3. The van der Waals surface area contributed by atoms with Crippen molar-refractivity contribution in [3.05, 3.63) is 70.4 Å². The minimum atomic E-state index is -0.252. The Morgan fingerprint density at radius 2 is 1.85 bits per heavy atom. The van der Waals surface area contributed by atoms with Gasteiger partial charge < -0.3 is 5.32 Å². The van der Waals surface area contributed by atoms with Crippen LogP contribution in [0.25, 0.3) is 10.8 Å². The molecule has 26 heavy (non-hydrogen) atoms. The van der Waals surface area contributed by atoms with E-state index in [1.807, 2.05) is 44.2 Å². The number of nitrogens with zero attached hydrogens (tertiary/aromatic N) is 3. The molecule has 134 valence electrons. The molecule has 0 saturated heterocycles. The molecule has 0 radical (unpaired) electrons. The van der Waals surface area contributed by atoms with Gasteiger partial charge in [-0.15, -0.1) is 0 Å². The van der Waals surface area contributed by atoms with E-state index in [0.717, 1.165) is 23.1 Å². The van der Waals surface area contributed by atoms with E-state index in [4.69, 9.17) is 0 Å². The molecule has 0 spiro atoms. The van der Waals surface area contributed by atoms with Crippen LogP contribution in [0.1, 0.15) is 31.5 Å². The summed E-state index contributed by atoms with van der Waals surface area (Å²) in [5, 5.41) is 8.75. The van der Waals surface area contributed by atoms with Crippen LogP contribution in [-0.2, 0) is 17.8 Å². The van der Waals surface area contributed by atoms with Crippen LogP contribution in [0, 0.1) is 0 Å². The van der Waals surface area contributed by atoms with Crippen LogP contribution in [0.4, 0.5) is 0 Å². The molecule has 0 unspecified atom stereocenters. The summed E-state index contributed by atoms with van der Waals surface area (Å²) >= 11 is 0. The first-order chi connectivity index (χ1) is 12.6. The van der Waals surface area contributed by atoms with E-state index in [-0.39, 0.29) is 24.1 Å². The van der Waals surface area contributed by atoms with Gasteiger partial charge in [0.05, 0.1) is 11.1 Å². The standard InChI is InChI=1S/C20H22N4O2/c1-3-14(2)22-19(25)13-24-20(26)17-7-5-4-6-16(17)18(23-24)12-15-8-10-21-11-9-15/h4-11,14H,3,12-13H2,1-2H3,(H,22,25)/t14-/m0/s1. The molecule has 0 fully saturated rings. The zero-order valence-corrected chi connectivity index (χ0v) is 15.0. The number of carbonyl (C=O) groups excluding carboxylic acids is 1. The molecule has 3 rings (SSSR count). The zero-order valence-electron chi connectivity index (χ0n) is 15.0. The largest absolute Gasteiger partial charge is 0.352 e. The summed E-state index contributed by atoms with van der Waals surface area (Å²) in [7, 11) is 0. The summed E-state index contributed by atoms with van der Waals surface area (Å²) in [6.07, 6.45) is 4.86. The van der Waals surface area contributed by atoms with Crippen molar-refractivity contribution in [1.82, 2.24) is 20.1 Å². The van der Waals surface area contributed by atoms with Gasteiger partial charge in [-0.25, -0.2) is 4.68 Å². The molecule has 2 aromatic heterocycles. The average molecular weight is 350 g/mol. The van der Waals surface area contributed by atoms with E-state index >= 15 is 0 Å². The Morgan fingerprint density at radius 3 is 2.54 bits per heavy atom. The topological polar surface area (TPSA) is 76.9 Å². The Balaban J connectivity index is 2.00. The third kappa shape index (κ3) is 3.96. The number of pyridine rings is 1. The molecule has 0 aliphatic rings. The van der Waals surface area contributed by atoms with Crippen LogP contribution in [-0.4, -0.2) is 26.7 Å². The van der Waals surface area contributed by atoms with E-state index in [9.17, 15) is 9.59 Å². The smallest absolute Gasteiger partial charge is 0.275 e. The summed E-state index contributed by atoms with van der Waals surface area (Å²) in [5.41, 5.74) is 1.56. The van der Waals surface area contributed by atoms with Crippen molar-refractivity contribution in [2.24, 2.45) is 0 Å². The van der Waals surface area contributed by atoms with Gasteiger partial charge in [-0.1, -0.05) is 25.1 Å². The minimum Gasteiger partial charge on any atom is -0.352 e. The molecule has 3 aromatic rings. The molecule has 1 aromatic carbocycles. The van der Waals surface area contributed by atoms with Crippen LogP contribution in [0.3, 0.4) is 0 Å². The minimum absolute atomic E-state index is 0.0648. The van der Waals surface area contributed by atoms with Gasteiger partial charge in [-0.2, -0.15) is 5.10 Å². The van der Waals surface area contributed by atoms with Crippen molar-refractivity contribution in [1.29, 1.82) is 0 Å². The number of rotatable bonds is 6. The predicted octanol–water partition coefficient (Wildman–Crippen LogP) is 2.30. The zero-order chi connectivity index (χ0) is 18.5. The first-order valence-electron chi connectivity index (χ1n) is 8.75. The molecule has 1 N–H and O–H groups in total. The molecule has 6 nitrogen and oxygen atoms in total. The predicted molar refractivity (Wildman–Crippen MR) is 101 cm³/mol. The molecule has 0 aliphatic heterocycles. The quantitative estimate of drug-likeness (QED) is 0.740. The number of nitrogens with one attached hydrogen (secondary N) is 1. The Bertz CT molecular complexity index is 966. The molecular formula is C20H22N4O2. The third-order valence-corrected chi connectivity index (χ3v) is 4.38. The SMILES string of the molecule is CC[C@H](C)NC(=O)Cn1nc(Cc2ccncc2)c2ccccc2c1=O. The van der Waals surface area contributed by atoms with E-state index in [1.165, 1.54) is 4.68 Å². The molecule has 6 heteroatoms. The van der Waals surface area contributed by atoms with Crippen LogP contribution in [0.15, 0.2) is 53.6 Å². The maximum atomic E-state index is 12.7. The van der Waals surface area contributed by atoms with Gasteiger partial charge in [0, 0.05) is 30.2 Å². The monoisotopic (exact) mass is 350 g/mol. The van der Waals surface area contributed by atoms with Gasteiger partial charge in [0.15, 0.2) is 0 Å². The highest BCUT2D eigenvalue weighted by Crippen LogP contribution is 2.16. The fourth-order valence-corrected chi connectivity index (χ4v) is 2.80. The van der Waals surface area contributed by atoms with E-state index in [1.54, 1.807) is 18.5 Å². The number of hydrogen-bond donors (Lipinski definition) is 1. The van der Waals surface area contributed by atoms with Crippen LogP contribution < -0.4 is 10.9 Å². The molecule has 2 heterocycles. The molecule has 1 amide bonds. The highest BCUT2D eigenvalue weighted by Gasteiger charge is 2.14. The van der Waals surface area contributed by atoms with Gasteiger partial charge in [0.25, 0.3) is 5.56 Å². The number of fused-ring (bicyclic) bond motifs is 1. The maximum Gasteiger partial charge on any atom is 0.275 e. The lowest BCUT2D eigenvalue weighted by atomic mass is 10.1. The lowest BCUT2D eigenvalue weighted by molar-refractivity contribution is -0.122. The van der Waals surface area contributed by atoms with E-state index < -0.39 is 0 Å². The number of amides is 1. The number of hydrogen-bond acceptors (Lipinski definition) is 4. The molecule has 1 atom stereocenters.